The van der Waals surface area contributed by atoms with E-state index in [2.05, 4.69) is 5.10 Å². The molecule has 0 radical (unpaired) electrons. The maximum Gasteiger partial charge on any atom is 0.313 e. The number of rotatable bonds is 2. The number of hydrogen-bond donors (Lipinski definition) is 0. The van der Waals surface area contributed by atoms with E-state index in [1.54, 1.807) is 0 Å². The number of methoxy groups -OCH3 is 2. The third-order valence-corrected chi connectivity index (χ3v) is 1.96. The summed E-state index contributed by atoms with van der Waals surface area (Å²) in [5, 5.41) is 4.03. The summed E-state index contributed by atoms with van der Waals surface area (Å²) in [4.78, 5) is 11.9. The second-order valence-corrected chi connectivity index (χ2v) is 4.13. The Hall–Kier alpha value is -1.52. The van der Waals surface area contributed by atoms with Crippen LogP contribution in [0.25, 0.3) is 0 Å². The number of ether oxygens (including phenoxy) is 2. The smallest absolute Gasteiger partial charge is 0.313 e. The van der Waals surface area contributed by atoms with Gasteiger partial charge in [0.25, 0.3) is 0 Å². The first-order valence-corrected chi connectivity index (χ1v) is 4.62. The highest BCUT2D eigenvalue weighted by molar-refractivity contribution is 5.34. The topological polar surface area (TPSA) is 53.4 Å². The number of hydrogen-bond acceptors (Lipinski definition) is 4. The molecule has 0 spiro atoms. The largest absolute Gasteiger partial charge is 0.491 e. The molecule has 15 heavy (non-hydrogen) atoms. The molecule has 0 fully saturated rings. The Morgan fingerprint density at radius 1 is 1.27 bits per heavy atom. The molecule has 0 atom stereocenters. The average molecular weight is 212 g/mol. The first-order valence-electron chi connectivity index (χ1n) is 4.62. The summed E-state index contributed by atoms with van der Waals surface area (Å²) >= 11 is 0. The third kappa shape index (κ3) is 2.11. The third-order valence-electron chi connectivity index (χ3n) is 1.96. The molecule has 0 unspecified atom stereocenters. The number of aromatic nitrogens is 2. The Kier molecular flexibility index (Phi) is 3.02. The zero-order valence-electron chi connectivity index (χ0n) is 9.70. The van der Waals surface area contributed by atoms with Crippen molar-refractivity contribution in [1.82, 2.24) is 9.78 Å². The van der Waals surface area contributed by atoms with Gasteiger partial charge in [-0.1, -0.05) is 0 Å². The van der Waals surface area contributed by atoms with Gasteiger partial charge in [-0.15, -0.1) is 0 Å². The van der Waals surface area contributed by atoms with E-state index >= 15 is 0 Å². The summed E-state index contributed by atoms with van der Waals surface area (Å²) in [5.74, 6) is 0.533. The minimum Gasteiger partial charge on any atom is -0.491 e. The fraction of sp³-hybridized carbons (Fsp3) is 0.600. The molecule has 0 bridgehead atoms. The van der Waals surface area contributed by atoms with Crippen molar-refractivity contribution in [1.29, 1.82) is 0 Å². The van der Waals surface area contributed by atoms with E-state index in [0.717, 1.165) is 0 Å². The van der Waals surface area contributed by atoms with Crippen molar-refractivity contribution < 1.29 is 9.47 Å². The molecule has 0 aliphatic carbocycles. The molecule has 0 saturated heterocycles. The fourth-order valence-corrected chi connectivity index (χ4v) is 1.23. The van der Waals surface area contributed by atoms with Crippen LogP contribution in [0.15, 0.2) is 11.0 Å². The molecular weight excluding hydrogens is 196 g/mol. The molecule has 1 heterocycles. The lowest BCUT2D eigenvalue weighted by atomic mass is 10.1. The van der Waals surface area contributed by atoms with Crippen LogP contribution in [0.3, 0.4) is 0 Å². The number of nitrogens with zero attached hydrogens (tertiary/aromatic N) is 2. The summed E-state index contributed by atoms with van der Waals surface area (Å²) < 4.78 is 11.4. The molecule has 84 valence electrons. The van der Waals surface area contributed by atoms with Crippen LogP contribution in [0.4, 0.5) is 0 Å². The highest BCUT2D eigenvalue weighted by Crippen LogP contribution is 2.21. The predicted octanol–water partition coefficient (Wildman–Crippen LogP) is 1.02. The van der Waals surface area contributed by atoms with Gasteiger partial charge in [-0.25, -0.2) is 4.68 Å². The zero-order valence-corrected chi connectivity index (χ0v) is 9.70. The van der Waals surface area contributed by atoms with E-state index in [1.165, 1.54) is 25.1 Å². The Labute approximate surface area is 88.6 Å². The minimum atomic E-state index is -0.378. The summed E-state index contributed by atoms with van der Waals surface area (Å²) in [7, 11) is 2.91. The molecular formula is C10H16N2O3. The van der Waals surface area contributed by atoms with Gasteiger partial charge in [0.15, 0.2) is 5.75 Å². The molecule has 5 heteroatoms. The Bertz CT molecular complexity index is 404. The van der Waals surface area contributed by atoms with Crippen molar-refractivity contribution in [2.24, 2.45) is 0 Å². The van der Waals surface area contributed by atoms with Gasteiger partial charge in [0.1, 0.15) is 0 Å². The second-order valence-electron chi connectivity index (χ2n) is 4.13. The monoisotopic (exact) mass is 212 g/mol. The Morgan fingerprint density at radius 2 is 1.87 bits per heavy atom. The molecule has 0 aromatic carbocycles. The second kappa shape index (κ2) is 3.92. The molecule has 1 aromatic heterocycles. The van der Waals surface area contributed by atoms with Gasteiger partial charge in [-0.2, -0.15) is 5.10 Å². The van der Waals surface area contributed by atoms with Crippen LogP contribution in [0.1, 0.15) is 20.8 Å². The summed E-state index contributed by atoms with van der Waals surface area (Å²) in [6.45, 7) is 5.69. The average Bonchev–Trinajstić information content (AvgIpc) is 2.15. The quantitative estimate of drug-likeness (QED) is 0.734. The molecule has 1 aromatic rings. The lowest BCUT2D eigenvalue weighted by Crippen LogP contribution is -2.36. The van der Waals surface area contributed by atoms with E-state index in [1.807, 2.05) is 20.8 Å². The SMILES string of the molecule is COc1cnn(C(C)(C)C)c(=O)c1OC. The summed E-state index contributed by atoms with van der Waals surface area (Å²) in [6.07, 6.45) is 1.48. The van der Waals surface area contributed by atoms with E-state index < -0.39 is 0 Å². The van der Waals surface area contributed by atoms with E-state index in [9.17, 15) is 4.79 Å². The minimum absolute atomic E-state index is 0.183. The van der Waals surface area contributed by atoms with Crippen LogP contribution in [-0.2, 0) is 5.54 Å². The van der Waals surface area contributed by atoms with Crippen LogP contribution < -0.4 is 15.0 Å². The van der Waals surface area contributed by atoms with Gasteiger partial charge in [-0.05, 0) is 20.8 Å². The zero-order chi connectivity index (χ0) is 11.6. The van der Waals surface area contributed by atoms with Crippen molar-refractivity contribution in [3.05, 3.63) is 16.6 Å². The molecule has 0 amide bonds. The van der Waals surface area contributed by atoms with Crippen LogP contribution >= 0.6 is 0 Å². The molecule has 0 N–H and O–H groups in total. The summed E-state index contributed by atoms with van der Waals surface area (Å²) in [6, 6.07) is 0. The van der Waals surface area contributed by atoms with Crippen molar-refractivity contribution in [2.75, 3.05) is 14.2 Å². The van der Waals surface area contributed by atoms with Gasteiger partial charge in [-0.3, -0.25) is 4.79 Å². The first-order chi connectivity index (χ1) is 6.91. The van der Waals surface area contributed by atoms with Crippen LogP contribution in [0.2, 0.25) is 0 Å². The first kappa shape index (κ1) is 11.6. The highest BCUT2D eigenvalue weighted by atomic mass is 16.5. The van der Waals surface area contributed by atoms with Crippen LogP contribution in [-0.4, -0.2) is 24.0 Å². The normalized spacial score (nSPS) is 11.3. The van der Waals surface area contributed by atoms with E-state index in [4.69, 9.17) is 9.47 Å². The highest BCUT2D eigenvalue weighted by Gasteiger charge is 2.20. The van der Waals surface area contributed by atoms with Crippen molar-refractivity contribution >= 4 is 0 Å². The van der Waals surface area contributed by atoms with Crippen molar-refractivity contribution in [3.63, 3.8) is 0 Å². The van der Waals surface area contributed by atoms with Gasteiger partial charge >= 0.3 is 5.56 Å². The van der Waals surface area contributed by atoms with Crippen molar-refractivity contribution in [3.8, 4) is 11.5 Å². The van der Waals surface area contributed by atoms with Gasteiger partial charge < -0.3 is 9.47 Å². The maximum absolute atomic E-state index is 11.9. The molecule has 0 saturated carbocycles. The summed E-state index contributed by atoms with van der Waals surface area (Å²) in [5.41, 5.74) is -0.666. The lowest BCUT2D eigenvalue weighted by Gasteiger charge is -2.21. The molecule has 0 aliphatic heterocycles. The van der Waals surface area contributed by atoms with Crippen LogP contribution in [0.5, 0.6) is 11.5 Å². The molecule has 5 nitrogen and oxygen atoms in total. The maximum atomic E-state index is 11.9. The van der Waals surface area contributed by atoms with Gasteiger partial charge in [0.05, 0.1) is 26.0 Å². The molecule has 1 rings (SSSR count). The lowest BCUT2D eigenvalue weighted by molar-refractivity contribution is 0.299. The van der Waals surface area contributed by atoms with Crippen LogP contribution in [0, 0.1) is 0 Å². The predicted molar refractivity (Wildman–Crippen MR) is 56.6 cm³/mol. The molecule has 0 aliphatic rings. The standard InChI is InChI=1S/C10H16N2O3/c1-10(2,3)12-9(13)8(15-5)7(14-4)6-11-12/h6H,1-5H3. The Balaban J connectivity index is 3.43. The Morgan fingerprint density at radius 3 is 2.27 bits per heavy atom. The van der Waals surface area contributed by atoms with Gasteiger partial charge in [0, 0.05) is 0 Å². The van der Waals surface area contributed by atoms with Gasteiger partial charge in [0.2, 0.25) is 5.75 Å². The van der Waals surface area contributed by atoms with E-state index in [0.29, 0.717) is 5.75 Å². The van der Waals surface area contributed by atoms with Crippen molar-refractivity contribution in [2.45, 2.75) is 26.3 Å². The van der Waals surface area contributed by atoms with E-state index in [-0.39, 0.29) is 16.8 Å². The fourth-order valence-electron chi connectivity index (χ4n) is 1.23.